The summed E-state index contributed by atoms with van der Waals surface area (Å²) < 4.78 is 1.66. The highest BCUT2D eigenvalue weighted by Gasteiger charge is 2.07. The van der Waals surface area contributed by atoms with Gasteiger partial charge in [0.05, 0.1) is 5.52 Å². The Morgan fingerprint density at radius 1 is 1.56 bits per heavy atom. The molecule has 0 unspecified atom stereocenters. The Morgan fingerprint density at radius 3 is 3.12 bits per heavy atom. The molecule has 0 atom stereocenters. The van der Waals surface area contributed by atoms with Gasteiger partial charge in [-0.25, -0.2) is 4.68 Å². The molecule has 0 radical (unpaired) electrons. The minimum absolute atomic E-state index is 0.141. The maximum absolute atomic E-state index is 11.6. The van der Waals surface area contributed by atoms with E-state index >= 15 is 0 Å². The summed E-state index contributed by atoms with van der Waals surface area (Å²) in [5.41, 5.74) is 7.49. The van der Waals surface area contributed by atoms with Crippen LogP contribution < -0.4 is 11.1 Å². The maximum Gasteiger partial charge on any atom is 0.251 e. The number of hydrogen-bond donors (Lipinski definition) is 2. The molecule has 16 heavy (non-hydrogen) atoms. The predicted octanol–water partition coefficient (Wildman–Crippen LogP) is -0.343. The van der Waals surface area contributed by atoms with Crippen LogP contribution in [0.15, 0.2) is 18.2 Å². The standard InChI is InChI=1S/C10H13N5O/c1-15-9-3-2-7(6-8(9)13-14-15)10(16)12-5-4-11/h2-3,6H,4-5,11H2,1H3,(H,12,16). The van der Waals surface area contributed by atoms with Crippen molar-refractivity contribution >= 4 is 16.9 Å². The lowest BCUT2D eigenvalue weighted by molar-refractivity contribution is 0.0955. The minimum atomic E-state index is -0.141. The number of fused-ring (bicyclic) bond motifs is 1. The lowest BCUT2D eigenvalue weighted by Crippen LogP contribution is -2.28. The van der Waals surface area contributed by atoms with E-state index < -0.39 is 0 Å². The maximum atomic E-state index is 11.6. The van der Waals surface area contributed by atoms with Crippen molar-refractivity contribution in [2.75, 3.05) is 13.1 Å². The van der Waals surface area contributed by atoms with Crippen molar-refractivity contribution in [2.45, 2.75) is 0 Å². The molecule has 6 nitrogen and oxygen atoms in total. The van der Waals surface area contributed by atoms with Crippen LogP contribution in [0.2, 0.25) is 0 Å². The Morgan fingerprint density at radius 2 is 2.38 bits per heavy atom. The summed E-state index contributed by atoms with van der Waals surface area (Å²) in [4.78, 5) is 11.6. The van der Waals surface area contributed by atoms with Crippen LogP contribution in [-0.4, -0.2) is 34.0 Å². The van der Waals surface area contributed by atoms with Crippen molar-refractivity contribution < 1.29 is 4.79 Å². The van der Waals surface area contributed by atoms with E-state index in [1.165, 1.54) is 0 Å². The second kappa shape index (κ2) is 4.28. The van der Waals surface area contributed by atoms with Gasteiger partial charge in [0.15, 0.2) is 0 Å². The van der Waals surface area contributed by atoms with Crippen LogP contribution in [-0.2, 0) is 7.05 Å². The van der Waals surface area contributed by atoms with E-state index in [1.54, 1.807) is 16.8 Å². The molecular weight excluding hydrogens is 206 g/mol. The van der Waals surface area contributed by atoms with Crippen molar-refractivity contribution in [2.24, 2.45) is 12.8 Å². The quantitative estimate of drug-likeness (QED) is 0.739. The van der Waals surface area contributed by atoms with Crippen LogP contribution in [0, 0.1) is 0 Å². The Hall–Kier alpha value is -1.95. The lowest BCUT2D eigenvalue weighted by atomic mass is 10.2. The van der Waals surface area contributed by atoms with E-state index in [0.29, 0.717) is 24.2 Å². The average molecular weight is 219 g/mol. The topological polar surface area (TPSA) is 85.8 Å². The normalized spacial score (nSPS) is 10.6. The Kier molecular flexibility index (Phi) is 2.82. The highest BCUT2D eigenvalue weighted by atomic mass is 16.1. The number of rotatable bonds is 3. The summed E-state index contributed by atoms with van der Waals surface area (Å²) in [5, 5.41) is 10.5. The van der Waals surface area contributed by atoms with Gasteiger partial charge in [-0.1, -0.05) is 5.21 Å². The zero-order valence-corrected chi connectivity index (χ0v) is 8.97. The third kappa shape index (κ3) is 1.87. The largest absolute Gasteiger partial charge is 0.351 e. The fourth-order valence-electron chi connectivity index (χ4n) is 1.47. The summed E-state index contributed by atoms with van der Waals surface area (Å²) in [6.45, 7) is 0.899. The van der Waals surface area contributed by atoms with E-state index in [1.807, 2.05) is 13.1 Å². The number of nitrogens with one attached hydrogen (secondary N) is 1. The van der Waals surface area contributed by atoms with Crippen molar-refractivity contribution in [1.82, 2.24) is 20.3 Å². The average Bonchev–Trinajstić information content (AvgIpc) is 2.67. The third-order valence-corrected chi connectivity index (χ3v) is 2.30. The molecule has 1 heterocycles. The van der Waals surface area contributed by atoms with Crippen LogP contribution in [0.1, 0.15) is 10.4 Å². The fraction of sp³-hybridized carbons (Fsp3) is 0.300. The van der Waals surface area contributed by atoms with Crippen LogP contribution in [0.4, 0.5) is 0 Å². The second-order valence-corrected chi connectivity index (χ2v) is 3.46. The van der Waals surface area contributed by atoms with Gasteiger partial charge >= 0.3 is 0 Å². The highest BCUT2D eigenvalue weighted by Crippen LogP contribution is 2.12. The van der Waals surface area contributed by atoms with Gasteiger partial charge in [-0.05, 0) is 18.2 Å². The SMILES string of the molecule is Cn1nnc2cc(C(=O)NCCN)ccc21. The number of nitrogens with zero attached hydrogens (tertiary/aromatic N) is 3. The summed E-state index contributed by atoms with van der Waals surface area (Å²) in [7, 11) is 1.81. The number of aryl methyl sites for hydroxylation is 1. The number of carbonyl (C=O) groups excluding carboxylic acids is 1. The molecule has 0 aliphatic rings. The van der Waals surface area contributed by atoms with E-state index in [4.69, 9.17) is 5.73 Å². The first kappa shape index (κ1) is 10.6. The van der Waals surface area contributed by atoms with Crippen molar-refractivity contribution in [3.05, 3.63) is 23.8 Å². The van der Waals surface area contributed by atoms with Crippen molar-refractivity contribution in [1.29, 1.82) is 0 Å². The van der Waals surface area contributed by atoms with E-state index in [9.17, 15) is 4.79 Å². The van der Waals surface area contributed by atoms with E-state index in [0.717, 1.165) is 5.52 Å². The predicted molar refractivity (Wildman–Crippen MR) is 59.9 cm³/mol. The summed E-state index contributed by atoms with van der Waals surface area (Å²) in [6.07, 6.45) is 0. The second-order valence-electron chi connectivity index (χ2n) is 3.46. The van der Waals surface area contributed by atoms with Gasteiger partial charge < -0.3 is 11.1 Å². The zero-order valence-electron chi connectivity index (χ0n) is 8.97. The highest BCUT2D eigenvalue weighted by molar-refractivity contribution is 5.97. The molecule has 1 aromatic heterocycles. The first-order valence-electron chi connectivity index (χ1n) is 5.00. The minimum Gasteiger partial charge on any atom is -0.351 e. The smallest absolute Gasteiger partial charge is 0.251 e. The molecule has 0 spiro atoms. The summed E-state index contributed by atoms with van der Waals surface area (Å²) in [5.74, 6) is -0.141. The monoisotopic (exact) mass is 219 g/mol. The first-order chi connectivity index (χ1) is 7.72. The molecule has 6 heteroatoms. The van der Waals surface area contributed by atoms with Gasteiger partial charge in [0.25, 0.3) is 5.91 Å². The summed E-state index contributed by atoms with van der Waals surface area (Å²) >= 11 is 0. The first-order valence-corrected chi connectivity index (χ1v) is 5.00. The molecule has 1 aromatic carbocycles. The van der Waals surface area contributed by atoms with E-state index in [-0.39, 0.29) is 5.91 Å². The zero-order chi connectivity index (χ0) is 11.5. The summed E-state index contributed by atoms with van der Waals surface area (Å²) in [6, 6.07) is 5.29. The molecular formula is C10H13N5O. The molecule has 2 aromatic rings. The van der Waals surface area contributed by atoms with Gasteiger partial charge in [-0.2, -0.15) is 0 Å². The molecule has 0 fully saturated rings. The number of amides is 1. The van der Waals surface area contributed by atoms with Crippen LogP contribution in [0.25, 0.3) is 11.0 Å². The third-order valence-electron chi connectivity index (χ3n) is 2.30. The molecule has 1 amide bonds. The molecule has 3 N–H and O–H groups in total. The fourth-order valence-corrected chi connectivity index (χ4v) is 1.47. The van der Waals surface area contributed by atoms with Crippen molar-refractivity contribution in [3.8, 4) is 0 Å². The van der Waals surface area contributed by atoms with Gasteiger partial charge in [0, 0.05) is 25.7 Å². The van der Waals surface area contributed by atoms with Crippen LogP contribution >= 0.6 is 0 Å². The molecule has 84 valence electrons. The molecule has 0 aliphatic carbocycles. The van der Waals surface area contributed by atoms with Gasteiger partial charge in [-0.15, -0.1) is 5.10 Å². The van der Waals surface area contributed by atoms with E-state index in [2.05, 4.69) is 15.6 Å². The van der Waals surface area contributed by atoms with Crippen LogP contribution in [0.5, 0.6) is 0 Å². The van der Waals surface area contributed by atoms with Gasteiger partial charge in [-0.3, -0.25) is 4.79 Å². The number of aromatic nitrogens is 3. The number of hydrogen-bond acceptors (Lipinski definition) is 4. The number of nitrogens with two attached hydrogens (primary N) is 1. The number of benzene rings is 1. The molecule has 0 aliphatic heterocycles. The molecule has 0 saturated carbocycles. The Bertz CT molecular complexity index is 519. The van der Waals surface area contributed by atoms with Gasteiger partial charge in [0.1, 0.15) is 5.52 Å². The Balaban J connectivity index is 2.29. The lowest BCUT2D eigenvalue weighted by Gasteiger charge is -2.02. The molecule has 0 saturated heterocycles. The van der Waals surface area contributed by atoms with Gasteiger partial charge in [0.2, 0.25) is 0 Å². The number of carbonyl (C=O) groups is 1. The van der Waals surface area contributed by atoms with Crippen molar-refractivity contribution in [3.63, 3.8) is 0 Å². The Labute approximate surface area is 92.4 Å². The van der Waals surface area contributed by atoms with Crippen LogP contribution in [0.3, 0.4) is 0 Å². The molecule has 0 bridgehead atoms. The molecule has 2 rings (SSSR count).